The smallest absolute Gasteiger partial charge is 0.406 e. The molecule has 0 amide bonds. The molecule has 0 bridgehead atoms. The number of benzene rings is 2. The molecular weight excluding hydrogens is 297 g/mol. The van der Waals surface area contributed by atoms with Crippen molar-refractivity contribution in [2.75, 3.05) is 0 Å². The fraction of sp³-hybridized carbons (Fsp3) is 0.125. The minimum atomic E-state index is -4.66. The molecule has 0 atom stereocenters. The van der Waals surface area contributed by atoms with Crippen molar-refractivity contribution in [3.8, 4) is 16.9 Å². The average Bonchev–Trinajstić information content (AvgIpc) is 2.76. The molecular formula is C16H11F3OS. The Morgan fingerprint density at radius 3 is 2.24 bits per heavy atom. The third kappa shape index (κ3) is 3.19. The van der Waals surface area contributed by atoms with Gasteiger partial charge in [-0.2, -0.15) is 0 Å². The predicted molar refractivity (Wildman–Crippen MR) is 78.7 cm³/mol. The van der Waals surface area contributed by atoms with Crippen molar-refractivity contribution in [1.82, 2.24) is 0 Å². The summed E-state index contributed by atoms with van der Waals surface area (Å²) in [6.07, 6.45) is -4.66. The zero-order chi connectivity index (χ0) is 15.0. The Hall–Kier alpha value is -2.01. The SMILES string of the molecule is Cc1cc2ccc(-c3ccc(OC(F)(F)F)cc3)cc2s1. The summed E-state index contributed by atoms with van der Waals surface area (Å²) in [5.41, 5.74) is 1.83. The van der Waals surface area contributed by atoms with E-state index in [1.54, 1.807) is 23.5 Å². The standard InChI is InChI=1S/C16H11F3OS/c1-10-8-13-3-2-12(9-15(13)21-10)11-4-6-14(7-5-11)20-16(17,18)19/h2-9H,1H3. The molecule has 0 fully saturated rings. The van der Waals surface area contributed by atoms with Crippen LogP contribution in [0.2, 0.25) is 0 Å². The highest BCUT2D eigenvalue weighted by Crippen LogP contribution is 2.31. The second-order valence-electron chi connectivity index (χ2n) is 4.68. The Bertz CT molecular complexity index is 772. The zero-order valence-corrected chi connectivity index (χ0v) is 11.9. The molecule has 1 aromatic heterocycles. The maximum absolute atomic E-state index is 12.1. The van der Waals surface area contributed by atoms with Crippen LogP contribution in [0.5, 0.6) is 5.75 Å². The number of fused-ring (bicyclic) bond motifs is 1. The van der Waals surface area contributed by atoms with E-state index >= 15 is 0 Å². The van der Waals surface area contributed by atoms with Gasteiger partial charge in [0, 0.05) is 9.58 Å². The fourth-order valence-corrected chi connectivity index (χ4v) is 3.16. The third-order valence-electron chi connectivity index (χ3n) is 3.06. The molecule has 0 unspecified atom stereocenters. The first kappa shape index (κ1) is 13.9. The largest absolute Gasteiger partial charge is 0.573 e. The number of ether oxygens (including phenoxy) is 1. The monoisotopic (exact) mass is 308 g/mol. The van der Waals surface area contributed by atoms with Gasteiger partial charge in [-0.15, -0.1) is 24.5 Å². The minimum absolute atomic E-state index is 0.209. The van der Waals surface area contributed by atoms with Gasteiger partial charge < -0.3 is 4.74 Å². The highest BCUT2D eigenvalue weighted by Gasteiger charge is 2.30. The van der Waals surface area contributed by atoms with Gasteiger partial charge in [-0.3, -0.25) is 0 Å². The molecule has 3 aromatic rings. The van der Waals surface area contributed by atoms with Gasteiger partial charge in [0.1, 0.15) is 5.75 Å². The van der Waals surface area contributed by atoms with E-state index in [2.05, 4.69) is 10.8 Å². The van der Waals surface area contributed by atoms with E-state index in [1.165, 1.54) is 27.1 Å². The lowest BCUT2D eigenvalue weighted by Gasteiger charge is -2.09. The minimum Gasteiger partial charge on any atom is -0.406 e. The van der Waals surface area contributed by atoms with Gasteiger partial charge >= 0.3 is 6.36 Å². The lowest BCUT2D eigenvalue weighted by Crippen LogP contribution is -2.16. The van der Waals surface area contributed by atoms with Crippen molar-refractivity contribution >= 4 is 21.4 Å². The Labute approximate surface area is 123 Å². The van der Waals surface area contributed by atoms with Crippen LogP contribution in [0.15, 0.2) is 48.5 Å². The highest BCUT2D eigenvalue weighted by atomic mass is 32.1. The average molecular weight is 308 g/mol. The Balaban J connectivity index is 1.91. The predicted octanol–water partition coefficient (Wildman–Crippen LogP) is 5.78. The molecule has 0 N–H and O–H groups in total. The molecule has 21 heavy (non-hydrogen) atoms. The van der Waals surface area contributed by atoms with Crippen LogP contribution in [0, 0.1) is 6.92 Å². The van der Waals surface area contributed by atoms with Crippen LogP contribution in [0.1, 0.15) is 4.88 Å². The van der Waals surface area contributed by atoms with E-state index in [9.17, 15) is 13.2 Å². The lowest BCUT2D eigenvalue weighted by molar-refractivity contribution is -0.274. The number of aryl methyl sites for hydroxylation is 1. The van der Waals surface area contributed by atoms with Crippen LogP contribution in [0.25, 0.3) is 21.2 Å². The quantitative estimate of drug-likeness (QED) is 0.583. The molecule has 0 saturated heterocycles. The van der Waals surface area contributed by atoms with Gasteiger partial charge in [0.05, 0.1) is 0 Å². The van der Waals surface area contributed by atoms with Gasteiger partial charge in [0.15, 0.2) is 0 Å². The molecule has 2 aromatic carbocycles. The molecule has 0 spiro atoms. The Morgan fingerprint density at radius 1 is 0.905 bits per heavy atom. The second-order valence-corrected chi connectivity index (χ2v) is 5.97. The summed E-state index contributed by atoms with van der Waals surface area (Å²) in [5.74, 6) is -0.209. The summed E-state index contributed by atoms with van der Waals surface area (Å²) in [6, 6.07) is 14.1. The summed E-state index contributed by atoms with van der Waals surface area (Å²) >= 11 is 1.70. The first-order valence-corrected chi connectivity index (χ1v) is 7.09. The Kier molecular flexibility index (Phi) is 3.37. The van der Waals surface area contributed by atoms with Crippen LogP contribution in [0.3, 0.4) is 0 Å². The summed E-state index contributed by atoms with van der Waals surface area (Å²) < 4.78 is 41.4. The number of alkyl halides is 3. The zero-order valence-electron chi connectivity index (χ0n) is 11.1. The van der Waals surface area contributed by atoms with Gasteiger partial charge in [-0.1, -0.05) is 24.3 Å². The molecule has 108 valence electrons. The number of hydrogen-bond donors (Lipinski definition) is 0. The van der Waals surface area contributed by atoms with Crippen molar-refractivity contribution in [2.45, 2.75) is 13.3 Å². The van der Waals surface area contributed by atoms with Gasteiger partial charge in [0.25, 0.3) is 0 Å². The van der Waals surface area contributed by atoms with Gasteiger partial charge in [-0.05, 0) is 47.7 Å². The van der Waals surface area contributed by atoms with E-state index in [0.717, 1.165) is 11.1 Å². The second kappa shape index (κ2) is 5.07. The summed E-state index contributed by atoms with van der Waals surface area (Å²) in [6.45, 7) is 2.05. The molecule has 5 heteroatoms. The molecule has 1 heterocycles. The molecule has 0 radical (unpaired) electrons. The van der Waals surface area contributed by atoms with Crippen LogP contribution in [-0.4, -0.2) is 6.36 Å². The van der Waals surface area contributed by atoms with Crippen molar-refractivity contribution in [3.63, 3.8) is 0 Å². The van der Waals surface area contributed by atoms with Gasteiger partial charge in [-0.25, -0.2) is 0 Å². The molecule has 3 rings (SSSR count). The van der Waals surface area contributed by atoms with Crippen molar-refractivity contribution in [3.05, 3.63) is 53.4 Å². The summed E-state index contributed by atoms with van der Waals surface area (Å²) in [7, 11) is 0. The first-order valence-electron chi connectivity index (χ1n) is 6.27. The number of rotatable bonds is 2. The normalized spacial score (nSPS) is 11.8. The number of halogens is 3. The van der Waals surface area contributed by atoms with E-state index in [-0.39, 0.29) is 5.75 Å². The maximum atomic E-state index is 12.1. The molecule has 0 aliphatic heterocycles. The van der Waals surface area contributed by atoms with Crippen molar-refractivity contribution in [2.24, 2.45) is 0 Å². The van der Waals surface area contributed by atoms with Crippen LogP contribution >= 0.6 is 11.3 Å². The topological polar surface area (TPSA) is 9.23 Å². The summed E-state index contributed by atoms with van der Waals surface area (Å²) in [4.78, 5) is 1.23. The van der Waals surface area contributed by atoms with Crippen molar-refractivity contribution in [1.29, 1.82) is 0 Å². The third-order valence-corrected chi connectivity index (χ3v) is 4.08. The van der Waals surface area contributed by atoms with E-state index in [4.69, 9.17) is 0 Å². The molecule has 0 saturated carbocycles. The summed E-state index contributed by atoms with van der Waals surface area (Å²) in [5, 5.41) is 1.18. The van der Waals surface area contributed by atoms with E-state index < -0.39 is 6.36 Å². The maximum Gasteiger partial charge on any atom is 0.573 e. The molecule has 0 aliphatic rings. The number of hydrogen-bond acceptors (Lipinski definition) is 2. The molecule has 1 nitrogen and oxygen atoms in total. The van der Waals surface area contributed by atoms with Crippen LogP contribution in [0.4, 0.5) is 13.2 Å². The highest BCUT2D eigenvalue weighted by molar-refractivity contribution is 7.19. The molecule has 0 aliphatic carbocycles. The Morgan fingerprint density at radius 2 is 1.57 bits per heavy atom. The number of thiophene rings is 1. The van der Waals surface area contributed by atoms with Gasteiger partial charge in [0.2, 0.25) is 0 Å². The van der Waals surface area contributed by atoms with E-state index in [1.807, 2.05) is 25.1 Å². The van der Waals surface area contributed by atoms with E-state index in [0.29, 0.717) is 0 Å². The first-order chi connectivity index (χ1) is 9.90. The van der Waals surface area contributed by atoms with Crippen LogP contribution in [-0.2, 0) is 0 Å². The van der Waals surface area contributed by atoms with Crippen molar-refractivity contribution < 1.29 is 17.9 Å². The lowest BCUT2D eigenvalue weighted by atomic mass is 10.0. The fourth-order valence-electron chi connectivity index (χ4n) is 2.19. The van der Waals surface area contributed by atoms with Crippen LogP contribution < -0.4 is 4.74 Å².